The number of nitrogens with one attached hydrogen (secondary N) is 1. The molecule has 1 fully saturated rings. The number of nitrogens with zero attached hydrogens (tertiary/aromatic N) is 1. The molecule has 0 aromatic carbocycles. The topological polar surface area (TPSA) is 35.5 Å². The summed E-state index contributed by atoms with van der Waals surface area (Å²) in [6, 6.07) is 0.658. The van der Waals surface area contributed by atoms with E-state index in [0.29, 0.717) is 18.1 Å². The van der Waals surface area contributed by atoms with E-state index < -0.39 is 0 Å². The van der Waals surface area contributed by atoms with E-state index in [4.69, 9.17) is 5.11 Å². The predicted molar refractivity (Wildman–Crippen MR) is 91.6 cm³/mol. The van der Waals surface area contributed by atoms with E-state index in [9.17, 15) is 0 Å². The molecule has 0 saturated heterocycles. The highest BCUT2D eigenvalue weighted by atomic mass is 16.2. The SMILES string of the molecule is CCCNC1C(CN(C)CCCCCO)CCCC1(C)C. The van der Waals surface area contributed by atoms with Crippen LogP contribution in [-0.4, -0.2) is 49.3 Å². The number of unbranched alkanes of at least 4 members (excludes halogenated alkanes) is 2. The van der Waals surface area contributed by atoms with Gasteiger partial charge in [0.05, 0.1) is 0 Å². The second-order valence-electron chi connectivity index (χ2n) is 7.62. The van der Waals surface area contributed by atoms with Crippen molar-refractivity contribution < 1.29 is 5.11 Å². The molecule has 0 radical (unpaired) electrons. The fourth-order valence-electron chi connectivity index (χ4n) is 3.88. The van der Waals surface area contributed by atoms with Gasteiger partial charge in [0.25, 0.3) is 0 Å². The number of hydrogen-bond donors (Lipinski definition) is 2. The summed E-state index contributed by atoms with van der Waals surface area (Å²) in [5.74, 6) is 0.781. The molecule has 3 heteroatoms. The maximum absolute atomic E-state index is 8.85. The average Bonchev–Trinajstić information content (AvgIpc) is 2.42. The molecule has 1 aliphatic carbocycles. The number of rotatable bonds is 10. The summed E-state index contributed by atoms with van der Waals surface area (Å²) < 4.78 is 0. The molecule has 0 bridgehead atoms. The Hall–Kier alpha value is -0.120. The predicted octanol–water partition coefficient (Wildman–Crippen LogP) is 3.28. The molecule has 1 aliphatic rings. The molecule has 0 aliphatic heterocycles. The first-order valence-electron chi connectivity index (χ1n) is 9.04. The molecule has 1 rings (SSSR count). The summed E-state index contributed by atoms with van der Waals surface area (Å²) in [4.78, 5) is 2.50. The molecule has 3 nitrogen and oxygen atoms in total. The third-order valence-corrected chi connectivity index (χ3v) is 5.07. The van der Waals surface area contributed by atoms with Gasteiger partial charge < -0.3 is 15.3 Å². The first kappa shape index (κ1) is 18.9. The molecule has 2 unspecified atom stereocenters. The van der Waals surface area contributed by atoms with E-state index in [2.05, 4.69) is 38.0 Å². The lowest BCUT2D eigenvalue weighted by atomic mass is 9.67. The Morgan fingerprint density at radius 2 is 2.00 bits per heavy atom. The third-order valence-electron chi connectivity index (χ3n) is 5.07. The van der Waals surface area contributed by atoms with Gasteiger partial charge in [-0.25, -0.2) is 0 Å². The molecule has 2 N–H and O–H groups in total. The van der Waals surface area contributed by atoms with Gasteiger partial charge in [-0.2, -0.15) is 0 Å². The minimum absolute atomic E-state index is 0.337. The summed E-state index contributed by atoms with van der Waals surface area (Å²) in [6.07, 6.45) is 8.62. The summed E-state index contributed by atoms with van der Waals surface area (Å²) in [5, 5.41) is 12.7. The second-order valence-corrected chi connectivity index (χ2v) is 7.62. The van der Waals surface area contributed by atoms with Gasteiger partial charge in [0.2, 0.25) is 0 Å². The molecule has 0 aromatic rings. The Morgan fingerprint density at radius 1 is 1.24 bits per heavy atom. The van der Waals surface area contributed by atoms with Crippen LogP contribution >= 0.6 is 0 Å². The summed E-state index contributed by atoms with van der Waals surface area (Å²) >= 11 is 0. The quantitative estimate of drug-likeness (QED) is 0.608. The highest BCUT2D eigenvalue weighted by Crippen LogP contribution is 2.39. The van der Waals surface area contributed by atoms with Crippen LogP contribution in [0.5, 0.6) is 0 Å². The largest absolute Gasteiger partial charge is 0.396 e. The van der Waals surface area contributed by atoms with Crippen molar-refractivity contribution in [2.75, 3.05) is 33.3 Å². The fraction of sp³-hybridized carbons (Fsp3) is 1.00. The van der Waals surface area contributed by atoms with Gasteiger partial charge in [0, 0.05) is 19.2 Å². The Morgan fingerprint density at radius 3 is 2.67 bits per heavy atom. The lowest BCUT2D eigenvalue weighted by Crippen LogP contribution is -2.52. The summed E-state index contributed by atoms with van der Waals surface area (Å²) in [5.41, 5.74) is 0.426. The molecular weight excluding hydrogens is 260 g/mol. The van der Waals surface area contributed by atoms with Crippen LogP contribution in [0.15, 0.2) is 0 Å². The third kappa shape index (κ3) is 6.66. The highest BCUT2D eigenvalue weighted by molar-refractivity contribution is 4.94. The zero-order valence-corrected chi connectivity index (χ0v) is 14.8. The van der Waals surface area contributed by atoms with Crippen molar-refractivity contribution in [3.63, 3.8) is 0 Å². The number of aliphatic hydroxyl groups excluding tert-OH is 1. The summed E-state index contributed by atoms with van der Waals surface area (Å²) in [7, 11) is 2.26. The zero-order valence-electron chi connectivity index (χ0n) is 14.8. The minimum Gasteiger partial charge on any atom is -0.396 e. The van der Waals surface area contributed by atoms with Gasteiger partial charge >= 0.3 is 0 Å². The van der Waals surface area contributed by atoms with Crippen molar-refractivity contribution in [3.05, 3.63) is 0 Å². The van der Waals surface area contributed by atoms with Gasteiger partial charge in [-0.15, -0.1) is 0 Å². The molecule has 126 valence electrons. The van der Waals surface area contributed by atoms with Crippen LogP contribution < -0.4 is 5.32 Å². The molecule has 0 amide bonds. The van der Waals surface area contributed by atoms with E-state index in [1.165, 1.54) is 38.6 Å². The maximum Gasteiger partial charge on any atom is 0.0431 e. The fourth-order valence-corrected chi connectivity index (χ4v) is 3.88. The smallest absolute Gasteiger partial charge is 0.0431 e. The van der Waals surface area contributed by atoms with Crippen LogP contribution in [0.3, 0.4) is 0 Å². The van der Waals surface area contributed by atoms with E-state index in [1.54, 1.807) is 0 Å². The molecule has 2 atom stereocenters. The van der Waals surface area contributed by atoms with Crippen LogP contribution in [0.2, 0.25) is 0 Å². The molecular formula is C18H38N2O. The van der Waals surface area contributed by atoms with E-state index in [0.717, 1.165) is 31.8 Å². The molecule has 21 heavy (non-hydrogen) atoms. The lowest BCUT2D eigenvalue weighted by Gasteiger charge is -2.46. The Balaban J connectivity index is 2.45. The normalized spacial score (nSPS) is 25.4. The average molecular weight is 299 g/mol. The summed E-state index contributed by atoms with van der Waals surface area (Å²) in [6.45, 7) is 11.0. The molecule has 1 saturated carbocycles. The number of aliphatic hydroxyl groups is 1. The van der Waals surface area contributed by atoms with Crippen molar-refractivity contribution in [1.29, 1.82) is 0 Å². The Kier molecular flexibility index (Phi) is 8.84. The first-order chi connectivity index (χ1) is 10.0. The van der Waals surface area contributed by atoms with Crippen molar-refractivity contribution in [2.24, 2.45) is 11.3 Å². The van der Waals surface area contributed by atoms with Gasteiger partial charge in [-0.3, -0.25) is 0 Å². The van der Waals surface area contributed by atoms with Crippen LogP contribution in [0, 0.1) is 11.3 Å². The second kappa shape index (κ2) is 9.81. The highest BCUT2D eigenvalue weighted by Gasteiger charge is 2.38. The first-order valence-corrected chi connectivity index (χ1v) is 9.04. The Labute approximate surface area is 132 Å². The van der Waals surface area contributed by atoms with Gasteiger partial charge in [-0.1, -0.05) is 27.2 Å². The van der Waals surface area contributed by atoms with E-state index in [1.807, 2.05) is 0 Å². The minimum atomic E-state index is 0.337. The van der Waals surface area contributed by atoms with Crippen molar-refractivity contribution in [2.45, 2.75) is 71.8 Å². The number of hydrogen-bond acceptors (Lipinski definition) is 3. The van der Waals surface area contributed by atoms with Gasteiger partial charge in [0.1, 0.15) is 0 Å². The van der Waals surface area contributed by atoms with Crippen molar-refractivity contribution in [1.82, 2.24) is 10.2 Å². The van der Waals surface area contributed by atoms with Crippen LogP contribution in [0.4, 0.5) is 0 Å². The van der Waals surface area contributed by atoms with Crippen LogP contribution in [-0.2, 0) is 0 Å². The maximum atomic E-state index is 8.85. The lowest BCUT2D eigenvalue weighted by molar-refractivity contribution is 0.0848. The monoisotopic (exact) mass is 298 g/mol. The van der Waals surface area contributed by atoms with Crippen LogP contribution in [0.1, 0.15) is 65.7 Å². The standard InChI is InChI=1S/C18H38N2O/c1-5-12-19-17-16(10-9-11-18(17,2)3)15-20(4)13-7-6-8-14-21/h16-17,19,21H,5-15H2,1-4H3. The van der Waals surface area contributed by atoms with E-state index in [-0.39, 0.29) is 0 Å². The molecule has 0 heterocycles. The Bertz CT molecular complexity index is 268. The van der Waals surface area contributed by atoms with E-state index >= 15 is 0 Å². The van der Waals surface area contributed by atoms with Gasteiger partial charge in [0.15, 0.2) is 0 Å². The van der Waals surface area contributed by atoms with Crippen LogP contribution in [0.25, 0.3) is 0 Å². The van der Waals surface area contributed by atoms with Crippen molar-refractivity contribution in [3.8, 4) is 0 Å². The zero-order chi connectivity index (χ0) is 15.7. The van der Waals surface area contributed by atoms with Gasteiger partial charge in [-0.05, 0) is 70.0 Å². The molecule has 0 aromatic heterocycles. The molecule has 0 spiro atoms. The van der Waals surface area contributed by atoms with Crippen molar-refractivity contribution >= 4 is 0 Å².